The normalized spacial score (nSPS) is 26.8. The molecule has 2 aliphatic heterocycles. The average molecular weight is 386 g/mol. The highest BCUT2D eigenvalue weighted by molar-refractivity contribution is 7.80. The highest BCUT2D eigenvalue weighted by Crippen LogP contribution is 2.47. The van der Waals surface area contributed by atoms with Crippen molar-refractivity contribution < 1.29 is 19.4 Å². The van der Waals surface area contributed by atoms with Gasteiger partial charge in [-0.25, -0.2) is 0 Å². The summed E-state index contributed by atoms with van der Waals surface area (Å²) < 4.78 is 11.9. The number of ether oxygens (including phenoxy) is 2. The second kappa shape index (κ2) is 11.8. The molecule has 0 spiro atoms. The van der Waals surface area contributed by atoms with Gasteiger partial charge in [-0.1, -0.05) is 32.6 Å². The molecule has 4 atom stereocenters. The van der Waals surface area contributed by atoms with Crippen LogP contribution in [0.1, 0.15) is 77.6 Å². The van der Waals surface area contributed by atoms with E-state index in [1.165, 1.54) is 25.7 Å². The number of carboxylic acid groups (broad SMARTS) is 1. The van der Waals surface area contributed by atoms with Crippen molar-refractivity contribution in [2.75, 3.05) is 13.2 Å². The molecule has 2 bridgehead atoms. The quantitative estimate of drug-likeness (QED) is 0.364. The Balaban J connectivity index is 1.63. The van der Waals surface area contributed by atoms with Crippen molar-refractivity contribution in [1.29, 1.82) is 0 Å². The van der Waals surface area contributed by atoms with E-state index >= 15 is 0 Å². The minimum atomic E-state index is -0.686. The van der Waals surface area contributed by atoms with E-state index < -0.39 is 5.97 Å². The van der Waals surface area contributed by atoms with Gasteiger partial charge in [-0.3, -0.25) is 4.79 Å². The number of fused-ring (bicyclic) bond motifs is 2. The molecule has 150 valence electrons. The summed E-state index contributed by atoms with van der Waals surface area (Å²) in [6.45, 7) is 3.72. The maximum absolute atomic E-state index is 10.6. The van der Waals surface area contributed by atoms with Crippen molar-refractivity contribution in [2.24, 2.45) is 11.8 Å². The Bertz CT molecular complexity index is 446. The van der Waals surface area contributed by atoms with Gasteiger partial charge in [0.1, 0.15) is 0 Å². The zero-order chi connectivity index (χ0) is 18.8. The molecule has 2 rings (SSSR count). The van der Waals surface area contributed by atoms with E-state index in [2.05, 4.69) is 12.2 Å². The van der Waals surface area contributed by atoms with Gasteiger partial charge in [-0.05, 0) is 62.6 Å². The molecule has 2 heterocycles. The van der Waals surface area contributed by atoms with Crippen molar-refractivity contribution in [3.05, 3.63) is 0 Å². The van der Waals surface area contributed by atoms with Crippen LogP contribution in [-0.4, -0.2) is 41.6 Å². The Hall–Kier alpha value is -0.880. The van der Waals surface area contributed by atoms with E-state index in [-0.39, 0.29) is 0 Å². The molecular weight excluding hydrogens is 350 g/mol. The molecular formula is C20H35NO4S. The molecule has 0 saturated carbocycles. The van der Waals surface area contributed by atoms with Crippen molar-refractivity contribution in [3.8, 4) is 0 Å². The van der Waals surface area contributed by atoms with Crippen LogP contribution >= 0.6 is 12.2 Å². The molecule has 4 unspecified atom stereocenters. The van der Waals surface area contributed by atoms with E-state index in [0.29, 0.717) is 42.2 Å². The summed E-state index contributed by atoms with van der Waals surface area (Å²) in [7, 11) is 0. The third-order valence-electron chi connectivity index (χ3n) is 5.75. The summed E-state index contributed by atoms with van der Waals surface area (Å²) in [6.07, 6.45) is 12.1. The first-order valence-corrected chi connectivity index (χ1v) is 10.8. The number of hydrogen-bond acceptors (Lipinski definition) is 4. The Morgan fingerprint density at radius 3 is 2.50 bits per heavy atom. The molecule has 0 aromatic carbocycles. The van der Waals surface area contributed by atoms with Gasteiger partial charge in [0.25, 0.3) is 5.17 Å². The number of rotatable bonds is 13. The van der Waals surface area contributed by atoms with Crippen molar-refractivity contribution in [2.45, 2.75) is 89.8 Å². The Morgan fingerprint density at radius 2 is 1.81 bits per heavy atom. The molecule has 2 aliphatic rings. The molecule has 0 aliphatic carbocycles. The van der Waals surface area contributed by atoms with Crippen molar-refractivity contribution >= 4 is 23.4 Å². The zero-order valence-electron chi connectivity index (χ0n) is 16.1. The summed E-state index contributed by atoms with van der Waals surface area (Å²) >= 11 is 5.23. The summed E-state index contributed by atoms with van der Waals surface area (Å²) in [6, 6.07) is 0. The predicted octanol–water partition coefficient (Wildman–Crippen LogP) is 4.29. The average Bonchev–Trinajstić information content (AvgIpc) is 3.20. The Labute approximate surface area is 163 Å². The number of hydrogen-bond donors (Lipinski definition) is 2. The van der Waals surface area contributed by atoms with Crippen LogP contribution in [0.2, 0.25) is 0 Å². The largest absolute Gasteiger partial charge is 0.481 e. The summed E-state index contributed by atoms with van der Waals surface area (Å²) in [5.41, 5.74) is 0. The van der Waals surface area contributed by atoms with Gasteiger partial charge in [0.05, 0.1) is 18.8 Å². The highest BCUT2D eigenvalue weighted by Gasteiger charge is 2.47. The van der Waals surface area contributed by atoms with Crippen LogP contribution in [0.3, 0.4) is 0 Å². The van der Waals surface area contributed by atoms with Crippen LogP contribution in [0.4, 0.5) is 0 Å². The lowest BCUT2D eigenvalue weighted by Crippen LogP contribution is -2.30. The zero-order valence-corrected chi connectivity index (χ0v) is 16.9. The molecule has 0 amide bonds. The van der Waals surface area contributed by atoms with Crippen molar-refractivity contribution in [1.82, 2.24) is 5.32 Å². The second-order valence-electron chi connectivity index (χ2n) is 7.67. The van der Waals surface area contributed by atoms with Crippen LogP contribution < -0.4 is 5.32 Å². The fraction of sp³-hybridized carbons (Fsp3) is 0.900. The van der Waals surface area contributed by atoms with Gasteiger partial charge >= 0.3 is 5.97 Å². The van der Waals surface area contributed by atoms with Gasteiger partial charge < -0.3 is 19.9 Å². The summed E-state index contributed by atoms with van der Waals surface area (Å²) in [4.78, 5) is 10.6. The summed E-state index contributed by atoms with van der Waals surface area (Å²) in [5.74, 6) is 0.540. The van der Waals surface area contributed by atoms with Gasteiger partial charge in [0.15, 0.2) is 0 Å². The fourth-order valence-electron chi connectivity index (χ4n) is 4.39. The van der Waals surface area contributed by atoms with E-state index in [9.17, 15) is 4.79 Å². The van der Waals surface area contributed by atoms with Crippen LogP contribution in [0.25, 0.3) is 0 Å². The molecule has 0 radical (unpaired) electrons. The monoisotopic (exact) mass is 385 g/mol. The fourth-order valence-corrected chi connectivity index (χ4v) is 4.57. The minimum absolute atomic E-state index is 0.295. The van der Waals surface area contributed by atoms with Gasteiger partial charge in [-0.15, -0.1) is 0 Å². The molecule has 5 nitrogen and oxygen atoms in total. The SMILES string of the molecule is CCCCNC(=S)OCCC1C2CCC(O2)C1CCCCCCC(=O)O. The molecule has 2 saturated heterocycles. The minimum Gasteiger partial charge on any atom is -0.481 e. The maximum Gasteiger partial charge on any atom is 0.303 e. The molecule has 2 N–H and O–H groups in total. The number of carbonyl (C=O) groups is 1. The first kappa shape index (κ1) is 21.4. The van der Waals surface area contributed by atoms with E-state index in [0.717, 1.165) is 45.1 Å². The van der Waals surface area contributed by atoms with Crippen molar-refractivity contribution in [3.63, 3.8) is 0 Å². The van der Waals surface area contributed by atoms with Crippen LogP contribution in [0, 0.1) is 11.8 Å². The molecule has 0 aromatic heterocycles. The number of nitrogens with one attached hydrogen (secondary N) is 1. The first-order chi connectivity index (χ1) is 12.6. The number of thiocarbonyl (C=S) groups is 1. The third kappa shape index (κ3) is 7.03. The first-order valence-electron chi connectivity index (χ1n) is 10.4. The number of unbranched alkanes of at least 4 members (excludes halogenated alkanes) is 4. The number of aliphatic carboxylic acids is 1. The molecule has 0 aromatic rings. The Kier molecular flexibility index (Phi) is 9.68. The topological polar surface area (TPSA) is 67.8 Å². The molecule has 6 heteroatoms. The summed E-state index contributed by atoms with van der Waals surface area (Å²) in [5, 5.41) is 12.4. The smallest absolute Gasteiger partial charge is 0.303 e. The maximum atomic E-state index is 10.6. The number of carboxylic acids is 1. The lowest BCUT2D eigenvalue weighted by atomic mass is 9.75. The second-order valence-corrected chi connectivity index (χ2v) is 8.04. The standard InChI is InChI=1S/C20H35NO4S/c1-2-3-13-21-20(26)24-14-12-16-15(17-10-11-18(16)25-17)8-6-4-5-7-9-19(22)23/h15-18H,2-14H2,1H3,(H,21,26)(H,22,23). The Morgan fingerprint density at radius 1 is 1.12 bits per heavy atom. The lowest BCUT2D eigenvalue weighted by Gasteiger charge is -2.28. The van der Waals surface area contributed by atoms with E-state index in [1.807, 2.05) is 0 Å². The van der Waals surface area contributed by atoms with Crippen LogP contribution in [-0.2, 0) is 14.3 Å². The van der Waals surface area contributed by atoms with E-state index in [1.54, 1.807) is 0 Å². The van der Waals surface area contributed by atoms with Gasteiger partial charge in [-0.2, -0.15) is 0 Å². The van der Waals surface area contributed by atoms with Crippen LogP contribution in [0.15, 0.2) is 0 Å². The van der Waals surface area contributed by atoms with E-state index in [4.69, 9.17) is 26.8 Å². The van der Waals surface area contributed by atoms with Gasteiger partial charge in [0.2, 0.25) is 0 Å². The predicted molar refractivity (Wildman–Crippen MR) is 106 cm³/mol. The van der Waals surface area contributed by atoms with Gasteiger partial charge in [0, 0.05) is 13.0 Å². The van der Waals surface area contributed by atoms with Crippen LogP contribution in [0.5, 0.6) is 0 Å². The molecule has 2 fully saturated rings. The molecule has 26 heavy (non-hydrogen) atoms. The highest BCUT2D eigenvalue weighted by atomic mass is 32.1. The third-order valence-corrected chi connectivity index (χ3v) is 6.01. The lowest BCUT2D eigenvalue weighted by molar-refractivity contribution is -0.137.